The average Bonchev–Trinajstić information content (AvgIpc) is 2.82. The molecule has 38 heavy (non-hydrogen) atoms. The van der Waals surface area contributed by atoms with Crippen LogP contribution in [0.15, 0.2) is 35.2 Å². The third-order valence-corrected chi connectivity index (χ3v) is 8.53. The highest BCUT2D eigenvalue weighted by Crippen LogP contribution is 2.28. The monoisotopic (exact) mass is 566 g/mol. The third kappa shape index (κ3) is 8.69. The molecule has 0 bridgehead atoms. The van der Waals surface area contributed by atoms with Crippen LogP contribution in [0.1, 0.15) is 29.5 Å². The molecule has 0 atom stereocenters. The second-order valence-electron chi connectivity index (χ2n) is 9.68. The number of methoxy groups -OCH3 is 1. The van der Waals surface area contributed by atoms with Gasteiger partial charge in [0, 0.05) is 46.6 Å². The van der Waals surface area contributed by atoms with Crippen molar-refractivity contribution in [3.8, 4) is 5.75 Å². The van der Waals surface area contributed by atoms with Crippen molar-refractivity contribution < 1.29 is 22.7 Å². The van der Waals surface area contributed by atoms with Gasteiger partial charge in [-0.05, 0) is 68.9 Å². The van der Waals surface area contributed by atoms with Gasteiger partial charge in [-0.1, -0.05) is 17.7 Å². The van der Waals surface area contributed by atoms with Crippen LogP contribution >= 0.6 is 11.6 Å². The highest BCUT2D eigenvalue weighted by atomic mass is 35.5. The molecule has 210 valence electrons. The summed E-state index contributed by atoms with van der Waals surface area (Å²) in [7, 11) is 4.65. The summed E-state index contributed by atoms with van der Waals surface area (Å²) in [6.07, 6.45) is -0.0686. The summed E-state index contributed by atoms with van der Waals surface area (Å²) in [5, 5.41) is 3.86. The third-order valence-electron chi connectivity index (χ3n) is 6.11. The quantitative estimate of drug-likeness (QED) is 0.373. The minimum Gasteiger partial charge on any atom is -0.497 e. The zero-order valence-electron chi connectivity index (χ0n) is 23.3. The molecular weight excluding hydrogens is 528 g/mol. The summed E-state index contributed by atoms with van der Waals surface area (Å²) in [6, 6.07) is 8.90. The van der Waals surface area contributed by atoms with Gasteiger partial charge in [0.1, 0.15) is 11.5 Å². The second kappa shape index (κ2) is 13.9. The van der Waals surface area contributed by atoms with Crippen molar-refractivity contribution in [3.05, 3.63) is 52.0 Å². The van der Waals surface area contributed by atoms with E-state index in [1.165, 1.54) is 19.1 Å². The molecule has 0 aliphatic rings. The number of carbonyl (C=O) groups is 2. The van der Waals surface area contributed by atoms with E-state index in [-0.39, 0.29) is 36.0 Å². The molecule has 0 fully saturated rings. The molecule has 1 amide bonds. The molecule has 2 aromatic rings. The molecule has 0 saturated carbocycles. The SMILES string of the molecule is COc1cc(C)c(S(=O)(=O)N(C)CC(=O)CCC(=O)N(C)Cc2ccc(NCCN(C)C)c(Cl)c2)c(C)c1. The number of hydrogen-bond donors (Lipinski definition) is 1. The molecule has 2 rings (SSSR count). The molecule has 0 aliphatic heterocycles. The first-order valence-corrected chi connectivity index (χ1v) is 14.1. The molecule has 0 spiro atoms. The van der Waals surface area contributed by atoms with Crippen molar-refractivity contribution in [3.63, 3.8) is 0 Å². The number of sulfonamides is 1. The molecule has 0 saturated heterocycles. The minimum absolute atomic E-state index is 0.0122. The van der Waals surface area contributed by atoms with E-state index >= 15 is 0 Å². The van der Waals surface area contributed by atoms with E-state index in [1.54, 1.807) is 33.0 Å². The Balaban J connectivity index is 1.91. The number of likely N-dealkylation sites (N-methyl/N-ethyl adjacent to an activating group) is 2. The number of ether oxygens (including phenoxy) is 1. The molecule has 0 aliphatic carbocycles. The topological polar surface area (TPSA) is 99.3 Å². The number of nitrogens with one attached hydrogen (secondary N) is 1. The molecule has 0 radical (unpaired) electrons. The van der Waals surface area contributed by atoms with Gasteiger partial charge in [0.15, 0.2) is 0 Å². The van der Waals surface area contributed by atoms with Gasteiger partial charge in [0.2, 0.25) is 15.9 Å². The summed E-state index contributed by atoms with van der Waals surface area (Å²) in [5.41, 5.74) is 2.77. The van der Waals surface area contributed by atoms with Crippen LogP contribution in [0, 0.1) is 13.8 Å². The number of nitrogens with zero attached hydrogens (tertiary/aromatic N) is 3. The number of ketones is 1. The Kier molecular flexibility index (Phi) is 11.6. The van der Waals surface area contributed by atoms with Crippen molar-refractivity contribution in [2.45, 2.75) is 38.1 Å². The molecule has 0 heterocycles. The molecule has 0 unspecified atom stereocenters. The minimum atomic E-state index is -3.89. The highest BCUT2D eigenvalue weighted by Gasteiger charge is 2.27. The van der Waals surface area contributed by atoms with E-state index in [1.807, 2.05) is 32.3 Å². The van der Waals surface area contributed by atoms with Crippen molar-refractivity contribution in [2.24, 2.45) is 0 Å². The van der Waals surface area contributed by atoms with Crippen LogP contribution < -0.4 is 10.1 Å². The van der Waals surface area contributed by atoms with Gasteiger partial charge < -0.3 is 19.9 Å². The van der Waals surface area contributed by atoms with E-state index in [9.17, 15) is 18.0 Å². The zero-order chi connectivity index (χ0) is 28.6. The van der Waals surface area contributed by atoms with Crippen molar-refractivity contribution in [1.82, 2.24) is 14.1 Å². The van der Waals surface area contributed by atoms with Crippen molar-refractivity contribution in [1.29, 1.82) is 0 Å². The number of carbonyl (C=O) groups excluding carboxylic acids is 2. The predicted octanol–water partition coefficient (Wildman–Crippen LogP) is 3.57. The number of halogens is 1. The number of Topliss-reactive ketones (excluding diaryl/α,β-unsaturated/α-hetero) is 1. The fraction of sp³-hybridized carbons (Fsp3) is 0.481. The summed E-state index contributed by atoms with van der Waals surface area (Å²) in [5.74, 6) is 0.0167. The first-order chi connectivity index (χ1) is 17.8. The van der Waals surface area contributed by atoms with Crippen LogP contribution in [0.4, 0.5) is 5.69 Å². The van der Waals surface area contributed by atoms with Crippen LogP contribution in [0.5, 0.6) is 5.75 Å². The van der Waals surface area contributed by atoms with E-state index in [2.05, 4.69) is 10.2 Å². The number of amides is 1. The molecule has 0 aromatic heterocycles. The van der Waals surface area contributed by atoms with Gasteiger partial charge in [-0.25, -0.2) is 8.42 Å². The van der Waals surface area contributed by atoms with E-state index in [0.717, 1.165) is 28.6 Å². The maximum atomic E-state index is 13.1. The van der Waals surface area contributed by atoms with Gasteiger partial charge in [-0.3, -0.25) is 9.59 Å². The van der Waals surface area contributed by atoms with Gasteiger partial charge in [0.25, 0.3) is 0 Å². The normalized spacial score (nSPS) is 11.6. The Labute approximate surface area is 231 Å². The number of rotatable bonds is 14. The fourth-order valence-electron chi connectivity index (χ4n) is 4.02. The van der Waals surface area contributed by atoms with Gasteiger partial charge >= 0.3 is 0 Å². The molecule has 2 aromatic carbocycles. The summed E-state index contributed by atoms with van der Waals surface area (Å²) in [6.45, 7) is 5.03. The standard InChI is InChI=1S/C27H39ClN4O5S/c1-19-14-23(37-7)15-20(2)27(19)38(35,36)32(6)18-22(33)9-11-26(34)31(5)17-21-8-10-25(24(28)16-21)29-12-13-30(3)4/h8,10,14-16,29H,9,11-13,17-18H2,1-7H3. The predicted molar refractivity (Wildman–Crippen MR) is 151 cm³/mol. The van der Waals surface area contributed by atoms with Crippen LogP contribution in [-0.4, -0.2) is 89.1 Å². The largest absolute Gasteiger partial charge is 0.497 e. The number of aryl methyl sites for hydroxylation is 2. The lowest BCUT2D eigenvalue weighted by Crippen LogP contribution is -2.34. The summed E-state index contributed by atoms with van der Waals surface area (Å²) in [4.78, 5) is 29.0. The zero-order valence-corrected chi connectivity index (χ0v) is 24.9. The van der Waals surface area contributed by atoms with Crippen LogP contribution in [0.2, 0.25) is 5.02 Å². The van der Waals surface area contributed by atoms with Crippen LogP contribution in [0.3, 0.4) is 0 Å². The Morgan fingerprint density at radius 3 is 2.18 bits per heavy atom. The number of anilines is 1. The first-order valence-electron chi connectivity index (χ1n) is 12.3. The Hall–Kier alpha value is -2.66. The van der Waals surface area contributed by atoms with E-state index in [4.69, 9.17) is 16.3 Å². The lowest BCUT2D eigenvalue weighted by atomic mass is 10.1. The fourth-order valence-corrected chi connectivity index (χ4v) is 5.84. The van der Waals surface area contributed by atoms with Crippen LogP contribution in [-0.2, 0) is 26.2 Å². The first kappa shape index (κ1) is 31.6. The average molecular weight is 567 g/mol. The lowest BCUT2D eigenvalue weighted by molar-refractivity contribution is -0.132. The summed E-state index contributed by atoms with van der Waals surface area (Å²) < 4.78 is 32.5. The Morgan fingerprint density at radius 1 is 1.00 bits per heavy atom. The van der Waals surface area contributed by atoms with Gasteiger partial charge in [-0.2, -0.15) is 4.31 Å². The second-order valence-corrected chi connectivity index (χ2v) is 12.1. The number of hydrogen-bond acceptors (Lipinski definition) is 7. The van der Waals surface area contributed by atoms with Gasteiger partial charge in [0.05, 0.1) is 29.3 Å². The summed E-state index contributed by atoms with van der Waals surface area (Å²) >= 11 is 6.39. The maximum absolute atomic E-state index is 13.1. The van der Waals surface area contributed by atoms with Crippen LogP contribution in [0.25, 0.3) is 0 Å². The highest BCUT2D eigenvalue weighted by molar-refractivity contribution is 7.89. The lowest BCUT2D eigenvalue weighted by Gasteiger charge is -2.21. The van der Waals surface area contributed by atoms with E-state index in [0.29, 0.717) is 28.4 Å². The molecule has 9 nitrogen and oxygen atoms in total. The van der Waals surface area contributed by atoms with Crippen molar-refractivity contribution in [2.75, 3.05) is 60.3 Å². The Bertz CT molecular complexity index is 1230. The smallest absolute Gasteiger partial charge is 0.243 e. The maximum Gasteiger partial charge on any atom is 0.243 e. The van der Waals surface area contributed by atoms with Gasteiger partial charge in [-0.15, -0.1) is 0 Å². The molecule has 11 heteroatoms. The Morgan fingerprint density at radius 2 is 1.63 bits per heavy atom. The number of benzene rings is 2. The molecular formula is C27H39ClN4O5S. The van der Waals surface area contributed by atoms with Crippen molar-refractivity contribution >= 4 is 39.0 Å². The van der Waals surface area contributed by atoms with E-state index < -0.39 is 10.0 Å². The molecule has 1 N–H and O–H groups in total.